The lowest BCUT2D eigenvalue weighted by molar-refractivity contribution is -0.115. The van der Waals surface area contributed by atoms with Crippen LogP contribution in [0.5, 0.6) is 0 Å². The quantitative estimate of drug-likeness (QED) is 0.852. The van der Waals surface area contributed by atoms with Crippen molar-refractivity contribution in [3.8, 4) is 0 Å². The molecule has 94 valence electrons. The molecule has 0 aliphatic heterocycles. The van der Waals surface area contributed by atoms with Crippen LogP contribution in [-0.2, 0) is 11.3 Å². The van der Waals surface area contributed by atoms with Crippen LogP contribution in [0, 0.1) is 5.82 Å². The average molecular weight is 248 g/mol. The van der Waals surface area contributed by atoms with Gasteiger partial charge in [0.05, 0.1) is 19.1 Å². The van der Waals surface area contributed by atoms with Crippen LogP contribution < -0.4 is 10.6 Å². The summed E-state index contributed by atoms with van der Waals surface area (Å²) in [5.74, 6) is -0.504. The summed E-state index contributed by atoms with van der Waals surface area (Å²) in [6, 6.07) is 7.46. The third-order valence-electron chi connectivity index (χ3n) is 2.32. The summed E-state index contributed by atoms with van der Waals surface area (Å²) in [4.78, 5) is 11.5. The van der Waals surface area contributed by atoms with Crippen LogP contribution in [0.25, 0.3) is 0 Å². The Labute approximate surface area is 104 Å². The highest BCUT2D eigenvalue weighted by molar-refractivity contribution is 5.92. The summed E-state index contributed by atoms with van der Waals surface area (Å²) in [6.07, 6.45) is 3.19. The van der Waals surface area contributed by atoms with E-state index in [-0.39, 0.29) is 18.3 Å². The Morgan fingerprint density at radius 1 is 1.22 bits per heavy atom. The maximum absolute atomic E-state index is 12.6. The number of carbonyl (C=O) groups excluding carboxylic acids is 1. The molecule has 0 atom stereocenters. The van der Waals surface area contributed by atoms with Crippen LogP contribution in [0.3, 0.4) is 0 Å². The van der Waals surface area contributed by atoms with E-state index >= 15 is 0 Å². The molecule has 1 aromatic carbocycles. The number of nitrogens with one attached hydrogen (secondary N) is 2. The second-order valence-corrected chi connectivity index (χ2v) is 3.79. The Balaban J connectivity index is 1.73. The lowest BCUT2D eigenvalue weighted by atomic mass is 10.3. The van der Waals surface area contributed by atoms with Gasteiger partial charge in [-0.1, -0.05) is 0 Å². The van der Waals surface area contributed by atoms with Crippen LogP contribution in [0.15, 0.2) is 47.3 Å². The Morgan fingerprint density at radius 3 is 2.67 bits per heavy atom. The number of furan rings is 1. The SMILES string of the molecule is O=C(CNCc1ccoc1)Nc1ccc(F)cc1. The summed E-state index contributed by atoms with van der Waals surface area (Å²) in [5, 5.41) is 5.63. The van der Waals surface area contributed by atoms with Gasteiger partial charge in [0.1, 0.15) is 5.82 Å². The van der Waals surface area contributed by atoms with Gasteiger partial charge in [-0.2, -0.15) is 0 Å². The molecular formula is C13H13FN2O2. The molecular weight excluding hydrogens is 235 g/mol. The van der Waals surface area contributed by atoms with Crippen molar-refractivity contribution in [1.29, 1.82) is 0 Å². The van der Waals surface area contributed by atoms with Gasteiger partial charge < -0.3 is 15.1 Å². The molecule has 0 aliphatic carbocycles. The first-order valence-corrected chi connectivity index (χ1v) is 5.51. The number of amides is 1. The van der Waals surface area contributed by atoms with Crippen molar-refractivity contribution in [2.45, 2.75) is 6.54 Å². The molecule has 5 heteroatoms. The molecule has 0 bridgehead atoms. The van der Waals surface area contributed by atoms with E-state index in [2.05, 4.69) is 10.6 Å². The first kappa shape index (κ1) is 12.3. The van der Waals surface area contributed by atoms with E-state index in [1.165, 1.54) is 24.3 Å². The Hall–Kier alpha value is -2.14. The van der Waals surface area contributed by atoms with Gasteiger partial charge in [0.15, 0.2) is 0 Å². The average Bonchev–Trinajstić information content (AvgIpc) is 2.85. The molecule has 0 aliphatic rings. The minimum atomic E-state index is -0.328. The fourth-order valence-corrected chi connectivity index (χ4v) is 1.45. The van der Waals surface area contributed by atoms with Crippen molar-refractivity contribution < 1.29 is 13.6 Å². The topological polar surface area (TPSA) is 54.3 Å². The highest BCUT2D eigenvalue weighted by atomic mass is 19.1. The van der Waals surface area contributed by atoms with Gasteiger partial charge in [0.2, 0.25) is 5.91 Å². The first-order chi connectivity index (χ1) is 8.74. The first-order valence-electron chi connectivity index (χ1n) is 5.51. The third-order valence-corrected chi connectivity index (χ3v) is 2.32. The van der Waals surface area contributed by atoms with E-state index in [0.717, 1.165) is 5.56 Å². The van der Waals surface area contributed by atoms with Crippen LogP contribution in [-0.4, -0.2) is 12.5 Å². The normalized spacial score (nSPS) is 10.3. The summed E-state index contributed by atoms with van der Waals surface area (Å²) in [6.45, 7) is 0.746. The number of benzene rings is 1. The van der Waals surface area contributed by atoms with E-state index in [4.69, 9.17) is 4.42 Å². The van der Waals surface area contributed by atoms with Gasteiger partial charge in [-0.05, 0) is 30.3 Å². The van der Waals surface area contributed by atoms with Crippen molar-refractivity contribution in [3.05, 3.63) is 54.2 Å². The van der Waals surface area contributed by atoms with E-state index in [1.54, 1.807) is 12.5 Å². The van der Waals surface area contributed by atoms with Crippen molar-refractivity contribution in [3.63, 3.8) is 0 Å². The Kier molecular flexibility index (Phi) is 4.09. The molecule has 2 N–H and O–H groups in total. The molecule has 4 nitrogen and oxygen atoms in total. The van der Waals surface area contributed by atoms with Gasteiger partial charge >= 0.3 is 0 Å². The molecule has 0 radical (unpaired) electrons. The summed E-state index contributed by atoms with van der Waals surface area (Å²) >= 11 is 0. The fraction of sp³-hybridized carbons (Fsp3) is 0.154. The molecule has 0 spiro atoms. The Bertz CT molecular complexity index is 494. The van der Waals surface area contributed by atoms with Crippen molar-refractivity contribution in [2.24, 2.45) is 0 Å². The summed E-state index contributed by atoms with van der Waals surface area (Å²) < 4.78 is 17.6. The molecule has 1 heterocycles. The lowest BCUT2D eigenvalue weighted by Gasteiger charge is -2.05. The fourth-order valence-electron chi connectivity index (χ4n) is 1.45. The number of halogens is 1. The molecule has 0 saturated carbocycles. The van der Waals surface area contributed by atoms with Crippen molar-refractivity contribution in [2.75, 3.05) is 11.9 Å². The van der Waals surface area contributed by atoms with Gasteiger partial charge in [-0.25, -0.2) is 4.39 Å². The zero-order valence-electron chi connectivity index (χ0n) is 9.65. The largest absolute Gasteiger partial charge is 0.472 e. The van der Waals surface area contributed by atoms with E-state index in [0.29, 0.717) is 12.2 Å². The minimum absolute atomic E-state index is 0.176. The molecule has 18 heavy (non-hydrogen) atoms. The van der Waals surface area contributed by atoms with Gasteiger partial charge in [0.25, 0.3) is 0 Å². The molecule has 0 saturated heterocycles. The van der Waals surface area contributed by atoms with Crippen LogP contribution in [0.4, 0.5) is 10.1 Å². The van der Waals surface area contributed by atoms with Crippen molar-refractivity contribution in [1.82, 2.24) is 5.32 Å². The van der Waals surface area contributed by atoms with E-state index in [1.807, 2.05) is 6.07 Å². The predicted molar refractivity (Wildman–Crippen MR) is 65.4 cm³/mol. The molecule has 2 aromatic rings. The zero-order valence-corrected chi connectivity index (χ0v) is 9.65. The second-order valence-electron chi connectivity index (χ2n) is 3.79. The number of hydrogen-bond donors (Lipinski definition) is 2. The molecule has 1 aromatic heterocycles. The number of anilines is 1. The maximum atomic E-state index is 12.6. The highest BCUT2D eigenvalue weighted by Crippen LogP contribution is 2.07. The lowest BCUT2D eigenvalue weighted by Crippen LogP contribution is -2.27. The van der Waals surface area contributed by atoms with Gasteiger partial charge in [0, 0.05) is 17.8 Å². The van der Waals surface area contributed by atoms with Gasteiger partial charge in [-0.15, -0.1) is 0 Å². The van der Waals surface area contributed by atoms with E-state index < -0.39 is 0 Å². The van der Waals surface area contributed by atoms with E-state index in [9.17, 15) is 9.18 Å². The molecule has 1 amide bonds. The second kappa shape index (κ2) is 5.97. The number of carbonyl (C=O) groups is 1. The highest BCUT2D eigenvalue weighted by Gasteiger charge is 2.02. The molecule has 2 rings (SSSR count). The number of hydrogen-bond acceptors (Lipinski definition) is 3. The minimum Gasteiger partial charge on any atom is -0.472 e. The van der Waals surface area contributed by atoms with Gasteiger partial charge in [-0.3, -0.25) is 4.79 Å². The standard InChI is InChI=1S/C13H13FN2O2/c14-11-1-3-12(4-2-11)16-13(17)8-15-7-10-5-6-18-9-10/h1-6,9,15H,7-8H2,(H,16,17). The molecule has 0 unspecified atom stereocenters. The monoisotopic (exact) mass is 248 g/mol. The molecule has 0 fully saturated rings. The Morgan fingerprint density at radius 2 is 2.00 bits per heavy atom. The number of rotatable bonds is 5. The van der Waals surface area contributed by atoms with Crippen molar-refractivity contribution >= 4 is 11.6 Å². The predicted octanol–water partition coefficient (Wildman–Crippen LogP) is 2.15. The zero-order chi connectivity index (χ0) is 12.8. The summed E-state index contributed by atoms with van der Waals surface area (Å²) in [7, 11) is 0. The third kappa shape index (κ3) is 3.71. The van der Waals surface area contributed by atoms with Crippen LogP contribution in [0.2, 0.25) is 0 Å². The van der Waals surface area contributed by atoms with Crippen LogP contribution in [0.1, 0.15) is 5.56 Å². The smallest absolute Gasteiger partial charge is 0.238 e. The summed E-state index contributed by atoms with van der Waals surface area (Å²) in [5.41, 5.74) is 1.55. The van der Waals surface area contributed by atoms with Crippen LogP contribution >= 0.6 is 0 Å². The maximum Gasteiger partial charge on any atom is 0.238 e.